The Morgan fingerprint density at radius 1 is 1.16 bits per heavy atom. The quantitative estimate of drug-likeness (QED) is 0.659. The number of carbonyl (C=O) groups is 2. The number of anilines is 1. The van der Waals surface area contributed by atoms with E-state index in [-0.39, 0.29) is 24.0 Å². The maximum atomic E-state index is 12.5. The van der Waals surface area contributed by atoms with Crippen molar-refractivity contribution in [3.8, 4) is 17.6 Å². The summed E-state index contributed by atoms with van der Waals surface area (Å²) in [7, 11) is 3.08. The first-order valence-electron chi connectivity index (χ1n) is 10.0. The molecule has 1 aliphatic heterocycles. The highest BCUT2D eigenvalue weighted by molar-refractivity contribution is 8.03. The number of hydrogen-bond donors (Lipinski definition) is 2. The molecule has 0 unspecified atom stereocenters. The van der Waals surface area contributed by atoms with Gasteiger partial charge in [0.05, 0.1) is 36.6 Å². The van der Waals surface area contributed by atoms with Gasteiger partial charge in [-0.1, -0.05) is 23.9 Å². The molecule has 0 saturated carbocycles. The van der Waals surface area contributed by atoms with E-state index in [1.54, 1.807) is 19.2 Å². The number of nitriles is 1. The van der Waals surface area contributed by atoms with Crippen LogP contribution in [0.2, 0.25) is 0 Å². The fourth-order valence-electron chi connectivity index (χ4n) is 3.44. The van der Waals surface area contributed by atoms with E-state index in [9.17, 15) is 14.9 Å². The highest BCUT2D eigenvalue weighted by Crippen LogP contribution is 2.39. The lowest BCUT2D eigenvalue weighted by Gasteiger charge is -2.25. The molecule has 0 bridgehead atoms. The van der Waals surface area contributed by atoms with Gasteiger partial charge in [-0.3, -0.25) is 9.59 Å². The number of amides is 2. The minimum absolute atomic E-state index is 0.0619. The molecule has 7 nitrogen and oxygen atoms in total. The zero-order valence-corrected chi connectivity index (χ0v) is 19.3. The number of nitrogens with zero attached hydrogens (tertiary/aromatic N) is 1. The summed E-state index contributed by atoms with van der Waals surface area (Å²) in [5, 5.41) is 15.8. The van der Waals surface area contributed by atoms with Crippen LogP contribution in [0.15, 0.2) is 47.0 Å². The van der Waals surface area contributed by atoms with Gasteiger partial charge in [-0.15, -0.1) is 0 Å². The second-order valence-electron chi connectivity index (χ2n) is 7.41. The van der Waals surface area contributed by atoms with Gasteiger partial charge in [0.1, 0.15) is 0 Å². The number of nitrogens with one attached hydrogen (secondary N) is 2. The minimum Gasteiger partial charge on any atom is -0.493 e. The largest absolute Gasteiger partial charge is 0.493 e. The highest BCUT2D eigenvalue weighted by atomic mass is 32.2. The Morgan fingerprint density at radius 2 is 1.91 bits per heavy atom. The summed E-state index contributed by atoms with van der Waals surface area (Å²) in [6, 6.07) is 13.3. The molecule has 3 rings (SSSR count). The van der Waals surface area contributed by atoms with Crippen molar-refractivity contribution in [3.63, 3.8) is 0 Å². The minimum atomic E-state index is -0.432. The van der Waals surface area contributed by atoms with Crippen LogP contribution < -0.4 is 20.1 Å². The number of thioether (sulfide) groups is 1. The fraction of sp³-hybridized carbons (Fsp3) is 0.292. The topological polar surface area (TPSA) is 100 Å². The van der Waals surface area contributed by atoms with Gasteiger partial charge in [-0.05, 0) is 54.8 Å². The third-order valence-electron chi connectivity index (χ3n) is 5.30. The maximum Gasteiger partial charge on any atom is 0.234 e. The van der Waals surface area contributed by atoms with Crippen LogP contribution in [0.4, 0.5) is 5.69 Å². The molecule has 8 heteroatoms. The van der Waals surface area contributed by atoms with E-state index in [4.69, 9.17) is 9.47 Å². The van der Waals surface area contributed by atoms with Crippen LogP contribution in [-0.4, -0.2) is 31.8 Å². The second-order valence-corrected chi connectivity index (χ2v) is 8.40. The Bertz CT molecular complexity index is 1120. The molecular weight excluding hydrogens is 426 g/mol. The SMILES string of the molecule is COc1ccc([C@H]2CC(=O)NC(SCC(=O)Nc3ccc(C)c(C)c3)=C2C#N)cc1OC. The molecule has 1 heterocycles. The van der Waals surface area contributed by atoms with Crippen LogP contribution in [0.5, 0.6) is 11.5 Å². The number of hydrogen-bond acceptors (Lipinski definition) is 6. The van der Waals surface area contributed by atoms with Crippen molar-refractivity contribution < 1.29 is 19.1 Å². The summed E-state index contributed by atoms with van der Waals surface area (Å²) < 4.78 is 10.6. The molecule has 166 valence electrons. The predicted molar refractivity (Wildman–Crippen MR) is 125 cm³/mol. The van der Waals surface area contributed by atoms with Crippen LogP contribution in [0.3, 0.4) is 0 Å². The molecule has 2 amide bonds. The lowest BCUT2D eigenvalue weighted by molar-refractivity contribution is -0.121. The van der Waals surface area contributed by atoms with E-state index in [1.807, 2.05) is 38.1 Å². The van der Waals surface area contributed by atoms with E-state index in [0.717, 1.165) is 28.5 Å². The molecule has 1 atom stereocenters. The lowest BCUT2D eigenvalue weighted by Crippen LogP contribution is -2.31. The Kier molecular flexibility index (Phi) is 7.44. The molecule has 0 aliphatic carbocycles. The average Bonchev–Trinajstić information content (AvgIpc) is 2.79. The average molecular weight is 452 g/mol. The van der Waals surface area contributed by atoms with Crippen molar-refractivity contribution in [2.75, 3.05) is 25.3 Å². The summed E-state index contributed by atoms with van der Waals surface area (Å²) in [6.45, 7) is 3.99. The Morgan fingerprint density at radius 3 is 2.56 bits per heavy atom. The van der Waals surface area contributed by atoms with Crippen molar-refractivity contribution in [1.29, 1.82) is 5.26 Å². The molecule has 32 heavy (non-hydrogen) atoms. The van der Waals surface area contributed by atoms with E-state index in [1.165, 1.54) is 7.11 Å². The van der Waals surface area contributed by atoms with Gasteiger partial charge in [-0.2, -0.15) is 5.26 Å². The van der Waals surface area contributed by atoms with Crippen molar-refractivity contribution >= 4 is 29.3 Å². The van der Waals surface area contributed by atoms with Gasteiger partial charge in [0.2, 0.25) is 11.8 Å². The van der Waals surface area contributed by atoms with Crippen LogP contribution in [-0.2, 0) is 9.59 Å². The molecule has 0 aromatic heterocycles. The maximum absolute atomic E-state index is 12.5. The summed E-state index contributed by atoms with van der Waals surface area (Å²) in [6.07, 6.45) is 0.136. The van der Waals surface area contributed by atoms with Gasteiger partial charge in [0, 0.05) is 18.0 Å². The first kappa shape index (κ1) is 23.2. The first-order valence-corrected chi connectivity index (χ1v) is 11.0. The molecular formula is C24H25N3O4S. The van der Waals surface area contributed by atoms with Gasteiger partial charge in [-0.25, -0.2) is 0 Å². The summed E-state index contributed by atoms with van der Waals surface area (Å²) >= 11 is 1.14. The second kappa shape index (κ2) is 10.2. The number of allylic oxidation sites excluding steroid dienone is 1. The van der Waals surface area contributed by atoms with Crippen molar-refractivity contribution in [3.05, 3.63) is 63.7 Å². The predicted octanol–water partition coefficient (Wildman–Crippen LogP) is 4.03. The normalized spacial score (nSPS) is 15.6. The molecule has 0 saturated heterocycles. The Hall–Kier alpha value is -3.44. The van der Waals surface area contributed by atoms with E-state index < -0.39 is 5.92 Å². The number of ether oxygens (including phenoxy) is 2. The summed E-state index contributed by atoms with van der Waals surface area (Å²) in [4.78, 5) is 24.8. The fourth-order valence-corrected chi connectivity index (χ4v) is 4.32. The molecule has 0 fully saturated rings. The number of methoxy groups -OCH3 is 2. The van der Waals surface area contributed by atoms with Crippen LogP contribution >= 0.6 is 11.8 Å². The molecule has 2 aromatic rings. The molecule has 0 radical (unpaired) electrons. The zero-order valence-electron chi connectivity index (χ0n) is 18.4. The summed E-state index contributed by atoms with van der Waals surface area (Å²) in [5.74, 6) is 0.295. The molecule has 0 spiro atoms. The lowest BCUT2D eigenvalue weighted by atomic mass is 9.87. The third kappa shape index (κ3) is 5.24. The van der Waals surface area contributed by atoms with Gasteiger partial charge in [0.25, 0.3) is 0 Å². The smallest absolute Gasteiger partial charge is 0.234 e. The highest BCUT2D eigenvalue weighted by Gasteiger charge is 2.30. The number of rotatable bonds is 7. The van der Waals surface area contributed by atoms with Crippen molar-refractivity contribution in [2.24, 2.45) is 0 Å². The van der Waals surface area contributed by atoms with E-state index >= 15 is 0 Å². The van der Waals surface area contributed by atoms with Crippen molar-refractivity contribution in [2.45, 2.75) is 26.2 Å². The molecule has 2 aromatic carbocycles. The summed E-state index contributed by atoms with van der Waals surface area (Å²) in [5.41, 5.74) is 4.13. The molecule has 1 aliphatic rings. The monoisotopic (exact) mass is 451 g/mol. The first-order chi connectivity index (χ1) is 15.4. The molecule has 2 N–H and O–H groups in total. The Balaban J connectivity index is 1.79. The number of carbonyl (C=O) groups excluding carboxylic acids is 2. The van der Waals surface area contributed by atoms with E-state index in [2.05, 4.69) is 16.7 Å². The van der Waals surface area contributed by atoms with Crippen molar-refractivity contribution in [1.82, 2.24) is 5.32 Å². The Labute approximate surface area is 191 Å². The van der Waals surface area contributed by atoms with Crippen LogP contribution in [0.1, 0.15) is 29.0 Å². The van der Waals surface area contributed by atoms with Gasteiger partial charge >= 0.3 is 0 Å². The third-order valence-corrected chi connectivity index (χ3v) is 6.32. The number of benzene rings is 2. The standard InChI is InChI=1S/C24H25N3O4S/c1-14-5-7-17(9-15(14)2)26-23(29)13-32-24-19(12-25)18(11-22(28)27-24)16-6-8-20(30-3)21(10-16)31-4/h5-10,18H,11,13H2,1-4H3,(H,26,29)(H,27,28)/t18-/m1/s1. The van der Waals surface area contributed by atoms with Crippen LogP contribution in [0, 0.1) is 25.2 Å². The zero-order chi connectivity index (χ0) is 23.3. The van der Waals surface area contributed by atoms with Gasteiger partial charge in [0.15, 0.2) is 11.5 Å². The number of aryl methyl sites for hydroxylation is 2. The van der Waals surface area contributed by atoms with E-state index in [0.29, 0.717) is 27.8 Å². The van der Waals surface area contributed by atoms with Gasteiger partial charge < -0.3 is 20.1 Å². The van der Waals surface area contributed by atoms with Crippen LogP contribution in [0.25, 0.3) is 0 Å².